The van der Waals surface area contributed by atoms with Crippen molar-refractivity contribution in [1.82, 2.24) is 16.0 Å². The van der Waals surface area contributed by atoms with E-state index in [-0.39, 0.29) is 25.3 Å². The first kappa shape index (κ1) is 24.3. The molecule has 0 unspecified atom stereocenters. The van der Waals surface area contributed by atoms with Crippen LogP contribution < -0.4 is 16.0 Å². The van der Waals surface area contributed by atoms with Crippen molar-refractivity contribution in [2.45, 2.75) is 58.2 Å². The molecule has 3 amide bonds. The van der Waals surface area contributed by atoms with E-state index in [0.717, 1.165) is 5.56 Å². The number of carbonyl (C=O) groups excluding carboxylic acids is 4. The standard InChI is InChI=1S/C20H27ClN4O4/c1-4-20(3,25-13(2)26)19(29)24-17(10-9-16(27)11-22)18(28)23-12-14-5-7-15(21)8-6-14/h5-8,11,17,22H,4,9-10,12H2,1-3H3,(H,23,28)(H,24,29)(H,25,26)/t17-,20+/m0/s1. The van der Waals surface area contributed by atoms with Crippen molar-refractivity contribution in [2.24, 2.45) is 0 Å². The van der Waals surface area contributed by atoms with Crippen molar-refractivity contribution in [2.75, 3.05) is 0 Å². The van der Waals surface area contributed by atoms with E-state index in [1.165, 1.54) is 6.92 Å². The van der Waals surface area contributed by atoms with Crippen LogP contribution in [-0.4, -0.2) is 41.3 Å². The summed E-state index contributed by atoms with van der Waals surface area (Å²) in [5.41, 5.74) is -0.369. The molecule has 9 heteroatoms. The Morgan fingerprint density at radius 2 is 1.83 bits per heavy atom. The zero-order valence-corrected chi connectivity index (χ0v) is 17.6. The molecule has 158 valence electrons. The van der Waals surface area contributed by atoms with Gasteiger partial charge in [-0.15, -0.1) is 0 Å². The van der Waals surface area contributed by atoms with Crippen molar-refractivity contribution in [3.05, 3.63) is 34.9 Å². The maximum Gasteiger partial charge on any atom is 0.246 e. The number of ketones is 1. The Kier molecular flexibility index (Phi) is 9.47. The minimum Gasteiger partial charge on any atom is -0.350 e. The lowest BCUT2D eigenvalue weighted by atomic mass is 9.96. The molecule has 0 saturated carbocycles. The summed E-state index contributed by atoms with van der Waals surface area (Å²) in [5.74, 6) is -1.81. The lowest BCUT2D eigenvalue weighted by Crippen LogP contribution is -2.59. The highest BCUT2D eigenvalue weighted by Gasteiger charge is 2.34. The molecule has 2 atom stereocenters. The molecule has 8 nitrogen and oxygen atoms in total. The van der Waals surface area contributed by atoms with Gasteiger partial charge in [0.25, 0.3) is 0 Å². The summed E-state index contributed by atoms with van der Waals surface area (Å²) in [5, 5.41) is 15.5. The number of rotatable bonds is 11. The molecule has 0 saturated heterocycles. The first-order chi connectivity index (χ1) is 13.6. The van der Waals surface area contributed by atoms with E-state index >= 15 is 0 Å². The summed E-state index contributed by atoms with van der Waals surface area (Å²) in [6.45, 7) is 4.83. The van der Waals surface area contributed by atoms with Gasteiger partial charge in [0.15, 0.2) is 5.78 Å². The lowest BCUT2D eigenvalue weighted by Gasteiger charge is -2.30. The third-order valence-corrected chi connectivity index (χ3v) is 4.75. The average Bonchev–Trinajstić information content (AvgIpc) is 2.69. The van der Waals surface area contributed by atoms with Gasteiger partial charge in [-0.1, -0.05) is 30.7 Å². The van der Waals surface area contributed by atoms with Gasteiger partial charge < -0.3 is 21.4 Å². The molecule has 0 aromatic heterocycles. The van der Waals surface area contributed by atoms with Crippen LogP contribution in [0, 0.1) is 5.41 Å². The van der Waals surface area contributed by atoms with Crippen LogP contribution in [0.25, 0.3) is 0 Å². The monoisotopic (exact) mass is 422 g/mol. The average molecular weight is 423 g/mol. The maximum atomic E-state index is 12.7. The Balaban J connectivity index is 2.87. The van der Waals surface area contributed by atoms with Crippen LogP contribution in [0.5, 0.6) is 0 Å². The number of Topliss-reactive ketones (excluding diaryl/α,β-unsaturated/α-hetero) is 1. The van der Waals surface area contributed by atoms with Gasteiger partial charge in [-0.2, -0.15) is 0 Å². The number of hydrogen-bond acceptors (Lipinski definition) is 5. The molecule has 0 heterocycles. The molecule has 4 N–H and O–H groups in total. The molecule has 0 radical (unpaired) electrons. The number of amides is 3. The number of nitrogens with one attached hydrogen (secondary N) is 4. The first-order valence-electron chi connectivity index (χ1n) is 9.26. The van der Waals surface area contributed by atoms with E-state index in [9.17, 15) is 19.2 Å². The van der Waals surface area contributed by atoms with Gasteiger partial charge in [-0.3, -0.25) is 19.2 Å². The second kappa shape index (κ2) is 11.3. The van der Waals surface area contributed by atoms with Crippen LogP contribution in [0.4, 0.5) is 0 Å². The predicted octanol–water partition coefficient (Wildman–Crippen LogP) is 1.74. The fraction of sp³-hybridized carbons (Fsp3) is 0.450. The van der Waals surface area contributed by atoms with Crippen molar-refractivity contribution in [3.63, 3.8) is 0 Å². The highest BCUT2D eigenvalue weighted by Crippen LogP contribution is 2.12. The van der Waals surface area contributed by atoms with Crippen LogP contribution in [-0.2, 0) is 25.7 Å². The molecule has 0 bridgehead atoms. The Labute approximate surface area is 175 Å². The van der Waals surface area contributed by atoms with Crippen molar-refractivity contribution >= 4 is 41.3 Å². The molecule has 1 aromatic carbocycles. The van der Waals surface area contributed by atoms with Crippen molar-refractivity contribution < 1.29 is 19.2 Å². The summed E-state index contributed by atoms with van der Waals surface area (Å²) < 4.78 is 0. The van der Waals surface area contributed by atoms with Crippen molar-refractivity contribution in [3.8, 4) is 0 Å². The largest absolute Gasteiger partial charge is 0.350 e. The Morgan fingerprint density at radius 3 is 2.34 bits per heavy atom. The topological polar surface area (TPSA) is 128 Å². The molecule has 0 aliphatic heterocycles. The normalized spacial score (nSPS) is 13.5. The summed E-state index contributed by atoms with van der Waals surface area (Å²) in [7, 11) is 0. The quantitative estimate of drug-likeness (QED) is 0.405. The van der Waals surface area contributed by atoms with Gasteiger partial charge in [-0.25, -0.2) is 0 Å². The lowest BCUT2D eigenvalue weighted by molar-refractivity contribution is -0.135. The fourth-order valence-electron chi connectivity index (χ4n) is 2.55. The first-order valence-corrected chi connectivity index (χ1v) is 9.64. The fourth-order valence-corrected chi connectivity index (χ4v) is 2.68. The Morgan fingerprint density at radius 1 is 1.21 bits per heavy atom. The molecular weight excluding hydrogens is 396 g/mol. The predicted molar refractivity (Wildman–Crippen MR) is 111 cm³/mol. The van der Waals surface area contributed by atoms with Gasteiger partial charge in [-0.05, 0) is 37.5 Å². The SMILES string of the molecule is CC[C@@](C)(NC(C)=O)C(=O)N[C@@H](CCC(=O)C=N)C(=O)NCc1ccc(Cl)cc1. The molecule has 0 aliphatic rings. The Hall–Kier alpha value is -2.74. The minimum absolute atomic E-state index is 0.0340. The van der Waals surface area contributed by atoms with Crippen LogP contribution in [0.1, 0.15) is 45.6 Å². The molecule has 1 aromatic rings. The van der Waals surface area contributed by atoms with Gasteiger partial charge in [0, 0.05) is 24.9 Å². The van der Waals surface area contributed by atoms with Crippen molar-refractivity contribution in [1.29, 1.82) is 5.41 Å². The third kappa shape index (κ3) is 8.03. The maximum absolute atomic E-state index is 12.7. The van der Waals surface area contributed by atoms with Crippen LogP contribution >= 0.6 is 11.6 Å². The van der Waals surface area contributed by atoms with Crippen LogP contribution in [0.15, 0.2) is 24.3 Å². The van der Waals surface area contributed by atoms with E-state index in [4.69, 9.17) is 17.0 Å². The van der Waals surface area contributed by atoms with Gasteiger partial charge >= 0.3 is 0 Å². The van der Waals surface area contributed by atoms with Crippen LogP contribution in [0.2, 0.25) is 5.02 Å². The molecule has 1 rings (SSSR count). The second-order valence-corrected chi connectivity index (χ2v) is 7.32. The summed E-state index contributed by atoms with van der Waals surface area (Å²) in [6, 6.07) is 5.94. The van der Waals surface area contributed by atoms with E-state index in [1.54, 1.807) is 38.1 Å². The molecule has 29 heavy (non-hydrogen) atoms. The van der Waals surface area contributed by atoms with E-state index < -0.39 is 29.2 Å². The van der Waals surface area contributed by atoms with E-state index in [1.807, 2.05) is 0 Å². The number of carbonyl (C=O) groups is 4. The minimum atomic E-state index is -1.19. The highest BCUT2D eigenvalue weighted by atomic mass is 35.5. The molecular formula is C20H27ClN4O4. The molecule has 0 spiro atoms. The third-order valence-electron chi connectivity index (χ3n) is 4.50. The smallest absolute Gasteiger partial charge is 0.246 e. The van der Waals surface area contributed by atoms with Gasteiger partial charge in [0.1, 0.15) is 11.6 Å². The summed E-state index contributed by atoms with van der Waals surface area (Å²) >= 11 is 5.84. The molecule has 0 fully saturated rings. The number of hydrogen-bond donors (Lipinski definition) is 4. The number of halogens is 1. The zero-order chi connectivity index (χ0) is 22.0. The zero-order valence-electron chi connectivity index (χ0n) is 16.8. The van der Waals surface area contributed by atoms with E-state index in [0.29, 0.717) is 17.7 Å². The van der Waals surface area contributed by atoms with Gasteiger partial charge in [0.05, 0.1) is 6.21 Å². The van der Waals surface area contributed by atoms with E-state index in [2.05, 4.69) is 16.0 Å². The van der Waals surface area contributed by atoms with Gasteiger partial charge in [0.2, 0.25) is 17.7 Å². The molecule has 0 aliphatic carbocycles. The number of benzene rings is 1. The van der Waals surface area contributed by atoms with Crippen LogP contribution in [0.3, 0.4) is 0 Å². The Bertz CT molecular complexity index is 766. The second-order valence-electron chi connectivity index (χ2n) is 6.89. The summed E-state index contributed by atoms with van der Waals surface area (Å²) in [6.07, 6.45) is 0.965. The highest BCUT2D eigenvalue weighted by molar-refractivity contribution is 6.30. The summed E-state index contributed by atoms with van der Waals surface area (Å²) in [4.78, 5) is 48.3.